The quantitative estimate of drug-likeness (QED) is 0.252. The molecule has 1 N–H and O–H groups in total. The molecule has 0 radical (unpaired) electrons. The highest BCUT2D eigenvalue weighted by atomic mass is 32.2. The molecule has 4 rings (SSSR count). The van der Waals surface area contributed by atoms with Crippen LogP contribution in [0.3, 0.4) is 0 Å². The highest BCUT2D eigenvalue weighted by Gasteiger charge is 2.32. The minimum absolute atomic E-state index is 0.118. The van der Waals surface area contributed by atoms with Crippen LogP contribution < -0.4 is 9.62 Å². The van der Waals surface area contributed by atoms with Crippen LogP contribution in [0.25, 0.3) is 0 Å². The smallest absolute Gasteiger partial charge is 0.243 e. The first-order valence-electron chi connectivity index (χ1n) is 15.4. The van der Waals surface area contributed by atoms with Crippen molar-refractivity contribution in [2.24, 2.45) is 0 Å². The van der Waals surface area contributed by atoms with E-state index in [1.807, 2.05) is 85.8 Å². The van der Waals surface area contributed by atoms with Gasteiger partial charge in [-0.3, -0.25) is 13.9 Å². The molecule has 1 atom stereocenters. The predicted octanol–water partition coefficient (Wildman–Crippen LogP) is 5.80. The molecule has 7 nitrogen and oxygen atoms in total. The zero-order valence-electron chi connectivity index (χ0n) is 25.7. The fourth-order valence-corrected chi connectivity index (χ4v) is 6.68. The van der Waals surface area contributed by atoms with E-state index >= 15 is 0 Å². The van der Waals surface area contributed by atoms with Gasteiger partial charge in [-0.1, -0.05) is 92.1 Å². The predicted molar refractivity (Wildman–Crippen MR) is 173 cm³/mol. The third-order valence-electron chi connectivity index (χ3n) is 8.23. The SMILES string of the molecule is CCc1ccc(N(CCCC(=O)N(Cc2ccc(C)cc2)[C@H](Cc2ccccc2)C(=O)NC2CCCC2)S(C)(=O)=O)cc1. The maximum atomic E-state index is 14.0. The Morgan fingerprint density at radius 2 is 1.51 bits per heavy atom. The van der Waals surface area contributed by atoms with E-state index in [-0.39, 0.29) is 30.8 Å². The van der Waals surface area contributed by atoms with Crippen LogP contribution in [0, 0.1) is 6.92 Å². The van der Waals surface area contributed by atoms with Gasteiger partial charge in [0.25, 0.3) is 0 Å². The summed E-state index contributed by atoms with van der Waals surface area (Å²) in [6.07, 6.45) is 7.00. The van der Waals surface area contributed by atoms with Crippen molar-refractivity contribution < 1.29 is 18.0 Å². The maximum absolute atomic E-state index is 14.0. The number of sulfonamides is 1. The summed E-state index contributed by atoms with van der Waals surface area (Å²) < 4.78 is 26.8. The number of amides is 2. The van der Waals surface area contributed by atoms with Crippen LogP contribution >= 0.6 is 0 Å². The molecule has 1 aliphatic rings. The number of anilines is 1. The van der Waals surface area contributed by atoms with Crippen LogP contribution in [0.15, 0.2) is 78.9 Å². The number of carbonyl (C=O) groups excluding carboxylic acids is 2. The molecule has 3 aromatic rings. The average Bonchev–Trinajstić information content (AvgIpc) is 3.51. The molecule has 230 valence electrons. The molecule has 43 heavy (non-hydrogen) atoms. The molecular formula is C35H45N3O4S. The van der Waals surface area contributed by atoms with Crippen molar-refractivity contribution in [3.05, 3.63) is 101 Å². The van der Waals surface area contributed by atoms with Gasteiger partial charge in [0.15, 0.2) is 0 Å². The largest absolute Gasteiger partial charge is 0.352 e. The molecule has 0 aromatic heterocycles. The summed E-state index contributed by atoms with van der Waals surface area (Å²) in [5.41, 5.74) is 4.75. The molecule has 1 aliphatic carbocycles. The van der Waals surface area contributed by atoms with Gasteiger partial charge in [-0.05, 0) is 61.4 Å². The van der Waals surface area contributed by atoms with E-state index in [4.69, 9.17) is 0 Å². The van der Waals surface area contributed by atoms with Crippen molar-refractivity contribution in [2.75, 3.05) is 17.1 Å². The first kappa shape index (κ1) is 32.3. The maximum Gasteiger partial charge on any atom is 0.243 e. The highest BCUT2D eigenvalue weighted by molar-refractivity contribution is 7.92. The molecule has 8 heteroatoms. The van der Waals surface area contributed by atoms with Crippen molar-refractivity contribution in [1.29, 1.82) is 0 Å². The van der Waals surface area contributed by atoms with Crippen molar-refractivity contribution in [2.45, 2.75) is 83.8 Å². The lowest BCUT2D eigenvalue weighted by Crippen LogP contribution is -2.52. The van der Waals surface area contributed by atoms with Gasteiger partial charge in [0.05, 0.1) is 11.9 Å². The number of nitrogens with zero attached hydrogens (tertiary/aromatic N) is 2. The number of nitrogens with one attached hydrogen (secondary N) is 1. The van der Waals surface area contributed by atoms with Crippen LogP contribution in [-0.4, -0.2) is 50.0 Å². The summed E-state index contributed by atoms with van der Waals surface area (Å²) >= 11 is 0. The molecule has 0 saturated heterocycles. The van der Waals surface area contributed by atoms with E-state index in [0.29, 0.717) is 25.1 Å². The number of rotatable bonds is 14. The molecule has 3 aromatic carbocycles. The Labute approximate surface area is 257 Å². The molecule has 0 aliphatic heterocycles. The number of carbonyl (C=O) groups is 2. The Hall–Kier alpha value is -3.65. The van der Waals surface area contributed by atoms with Crippen molar-refractivity contribution in [3.8, 4) is 0 Å². The van der Waals surface area contributed by atoms with Crippen molar-refractivity contribution in [1.82, 2.24) is 10.2 Å². The lowest BCUT2D eigenvalue weighted by atomic mass is 10.0. The van der Waals surface area contributed by atoms with E-state index in [0.717, 1.165) is 54.4 Å². The van der Waals surface area contributed by atoms with Gasteiger partial charge in [0.2, 0.25) is 21.8 Å². The normalized spacial score (nSPS) is 14.3. The minimum atomic E-state index is -3.55. The number of hydrogen-bond donors (Lipinski definition) is 1. The number of hydrogen-bond acceptors (Lipinski definition) is 4. The van der Waals surface area contributed by atoms with Crippen molar-refractivity contribution in [3.63, 3.8) is 0 Å². The molecule has 0 unspecified atom stereocenters. The molecule has 0 heterocycles. The molecule has 1 saturated carbocycles. The Morgan fingerprint density at radius 3 is 2.12 bits per heavy atom. The van der Waals surface area contributed by atoms with Crippen LogP contribution in [0.1, 0.15) is 67.7 Å². The van der Waals surface area contributed by atoms with Crippen LogP contribution in [0.2, 0.25) is 0 Å². The fraction of sp³-hybridized carbons (Fsp3) is 0.429. The van der Waals surface area contributed by atoms with E-state index in [1.54, 1.807) is 4.90 Å². The standard InChI is InChI=1S/C35H45N3O4S/c1-4-28-20-22-32(23-21-28)38(43(3,41)42)24-10-15-34(39)37(26-30-18-16-27(2)17-19-30)33(25-29-11-6-5-7-12-29)35(40)36-31-13-8-9-14-31/h5-7,11-12,16-23,31,33H,4,8-10,13-15,24-26H2,1-3H3,(H,36,40)/t33-/m1/s1. The summed E-state index contributed by atoms with van der Waals surface area (Å²) in [7, 11) is -3.55. The third-order valence-corrected chi connectivity index (χ3v) is 9.42. The summed E-state index contributed by atoms with van der Waals surface area (Å²) in [5, 5.41) is 3.23. The first-order chi connectivity index (χ1) is 20.6. The highest BCUT2D eigenvalue weighted by Crippen LogP contribution is 2.22. The fourth-order valence-electron chi connectivity index (χ4n) is 5.71. The molecule has 2 amide bonds. The van der Waals surface area contributed by atoms with E-state index in [9.17, 15) is 18.0 Å². The minimum Gasteiger partial charge on any atom is -0.352 e. The van der Waals surface area contributed by atoms with Gasteiger partial charge in [-0.25, -0.2) is 8.42 Å². The van der Waals surface area contributed by atoms with Gasteiger partial charge in [-0.2, -0.15) is 0 Å². The monoisotopic (exact) mass is 603 g/mol. The zero-order chi connectivity index (χ0) is 30.8. The van der Waals surface area contributed by atoms with E-state index < -0.39 is 16.1 Å². The Kier molecular flexibility index (Phi) is 11.4. The number of benzene rings is 3. The summed E-state index contributed by atoms with van der Waals surface area (Å²) in [4.78, 5) is 29.6. The van der Waals surface area contributed by atoms with Gasteiger partial charge in [0.1, 0.15) is 6.04 Å². The second-order valence-electron chi connectivity index (χ2n) is 11.7. The Bertz CT molecular complexity index is 1430. The second-order valence-corrected chi connectivity index (χ2v) is 13.6. The van der Waals surface area contributed by atoms with Gasteiger partial charge in [0, 0.05) is 32.0 Å². The zero-order valence-corrected chi connectivity index (χ0v) is 26.5. The summed E-state index contributed by atoms with van der Waals surface area (Å²) in [6, 6.07) is 24.7. The van der Waals surface area contributed by atoms with E-state index in [1.165, 1.54) is 10.6 Å². The first-order valence-corrected chi connectivity index (χ1v) is 17.2. The van der Waals surface area contributed by atoms with Gasteiger partial charge >= 0.3 is 0 Å². The van der Waals surface area contributed by atoms with E-state index in [2.05, 4.69) is 12.2 Å². The van der Waals surface area contributed by atoms with Crippen LogP contribution in [0.5, 0.6) is 0 Å². The van der Waals surface area contributed by atoms with Gasteiger partial charge < -0.3 is 10.2 Å². The number of aryl methyl sites for hydroxylation is 2. The van der Waals surface area contributed by atoms with Crippen LogP contribution in [0.4, 0.5) is 5.69 Å². The molecule has 0 bridgehead atoms. The lowest BCUT2D eigenvalue weighted by molar-refractivity contribution is -0.141. The summed E-state index contributed by atoms with van der Waals surface area (Å²) in [6.45, 7) is 4.54. The lowest BCUT2D eigenvalue weighted by Gasteiger charge is -2.33. The average molecular weight is 604 g/mol. The Morgan fingerprint density at radius 1 is 0.884 bits per heavy atom. The Balaban J connectivity index is 1.57. The molecule has 0 spiro atoms. The molecular weight excluding hydrogens is 558 g/mol. The van der Waals surface area contributed by atoms with Crippen molar-refractivity contribution >= 4 is 27.5 Å². The van der Waals surface area contributed by atoms with Gasteiger partial charge in [-0.15, -0.1) is 0 Å². The molecule has 1 fully saturated rings. The second kappa shape index (κ2) is 15.2. The third kappa shape index (κ3) is 9.42. The topological polar surface area (TPSA) is 86.8 Å². The van der Waals surface area contributed by atoms with Crippen LogP contribution in [-0.2, 0) is 39.0 Å². The summed E-state index contributed by atoms with van der Waals surface area (Å²) in [5.74, 6) is -0.303.